The number of benzene rings is 1. The van der Waals surface area contributed by atoms with Gasteiger partial charge in [0.2, 0.25) is 11.0 Å². The molecule has 2 aromatic rings. The summed E-state index contributed by atoms with van der Waals surface area (Å²) in [6.07, 6.45) is 1.92. The SMILES string of the molecule is CCC(CC)NC(=O)CSc1nnc(NCc2ccccc2)s1. The fourth-order valence-corrected chi connectivity index (χ4v) is 3.56. The molecule has 23 heavy (non-hydrogen) atoms. The highest BCUT2D eigenvalue weighted by Crippen LogP contribution is 2.25. The van der Waals surface area contributed by atoms with Gasteiger partial charge in [-0.1, -0.05) is 67.3 Å². The van der Waals surface area contributed by atoms with Crippen LogP contribution >= 0.6 is 23.1 Å². The number of rotatable bonds is 9. The van der Waals surface area contributed by atoms with Gasteiger partial charge < -0.3 is 10.6 Å². The lowest BCUT2D eigenvalue weighted by Gasteiger charge is -2.13. The lowest BCUT2D eigenvalue weighted by molar-refractivity contribution is -0.119. The Hall–Kier alpha value is -1.60. The van der Waals surface area contributed by atoms with Gasteiger partial charge in [-0.2, -0.15) is 0 Å². The molecule has 0 aliphatic carbocycles. The fourth-order valence-electron chi connectivity index (χ4n) is 2.00. The van der Waals surface area contributed by atoms with Crippen LogP contribution < -0.4 is 10.6 Å². The molecule has 1 heterocycles. The molecule has 2 rings (SSSR count). The van der Waals surface area contributed by atoms with Gasteiger partial charge >= 0.3 is 0 Å². The first-order valence-electron chi connectivity index (χ1n) is 7.74. The Balaban J connectivity index is 1.75. The Morgan fingerprint density at radius 2 is 1.96 bits per heavy atom. The number of nitrogens with one attached hydrogen (secondary N) is 2. The first-order valence-corrected chi connectivity index (χ1v) is 9.55. The zero-order chi connectivity index (χ0) is 16.5. The van der Waals surface area contributed by atoms with Crippen molar-refractivity contribution < 1.29 is 4.79 Å². The highest BCUT2D eigenvalue weighted by molar-refractivity contribution is 8.01. The van der Waals surface area contributed by atoms with Crippen LogP contribution in [-0.4, -0.2) is 27.9 Å². The molecule has 2 N–H and O–H groups in total. The Morgan fingerprint density at radius 3 is 2.65 bits per heavy atom. The minimum Gasteiger partial charge on any atom is -0.356 e. The summed E-state index contributed by atoms with van der Waals surface area (Å²) >= 11 is 2.90. The van der Waals surface area contributed by atoms with E-state index >= 15 is 0 Å². The zero-order valence-electron chi connectivity index (χ0n) is 13.4. The molecule has 0 aliphatic rings. The Bertz CT molecular complexity index is 599. The molecule has 7 heteroatoms. The van der Waals surface area contributed by atoms with Crippen LogP contribution in [0.25, 0.3) is 0 Å². The molecular formula is C16H22N4OS2. The van der Waals surface area contributed by atoms with Crippen LogP contribution in [0.1, 0.15) is 32.3 Å². The topological polar surface area (TPSA) is 66.9 Å². The summed E-state index contributed by atoms with van der Waals surface area (Å²) in [7, 11) is 0. The van der Waals surface area contributed by atoms with Crippen LogP contribution in [0.5, 0.6) is 0 Å². The van der Waals surface area contributed by atoms with Crippen molar-refractivity contribution >= 4 is 34.1 Å². The number of hydrogen-bond donors (Lipinski definition) is 2. The number of hydrogen-bond acceptors (Lipinski definition) is 6. The van der Waals surface area contributed by atoms with Crippen LogP contribution in [0, 0.1) is 0 Å². The van der Waals surface area contributed by atoms with E-state index in [4.69, 9.17) is 0 Å². The molecule has 0 bridgehead atoms. The van der Waals surface area contributed by atoms with Gasteiger partial charge in [0.1, 0.15) is 0 Å². The van der Waals surface area contributed by atoms with Gasteiger partial charge in [-0.05, 0) is 18.4 Å². The van der Waals surface area contributed by atoms with Crippen LogP contribution in [0.2, 0.25) is 0 Å². The van der Waals surface area contributed by atoms with Crippen molar-refractivity contribution in [2.75, 3.05) is 11.1 Å². The number of thioether (sulfide) groups is 1. The summed E-state index contributed by atoms with van der Waals surface area (Å²) in [5.41, 5.74) is 1.20. The summed E-state index contributed by atoms with van der Waals surface area (Å²) in [5.74, 6) is 0.432. The maximum Gasteiger partial charge on any atom is 0.230 e. The molecule has 0 atom stereocenters. The molecular weight excluding hydrogens is 328 g/mol. The number of aromatic nitrogens is 2. The Labute approximate surface area is 145 Å². The molecule has 0 radical (unpaired) electrons. The van der Waals surface area contributed by atoms with Gasteiger partial charge in [0, 0.05) is 12.6 Å². The van der Waals surface area contributed by atoms with Gasteiger partial charge in [-0.3, -0.25) is 4.79 Å². The van der Waals surface area contributed by atoms with Gasteiger partial charge in [0.25, 0.3) is 0 Å². The highest BCUT2D eigenvalue weighted by atomic mass is 32.2. The van der Waals surface area contributed by atoms with Crippen LogP contribution in [0.4, 0.5) is 5.13 Å². The molecule has 1 amide bonds. The number of anilines is 1. The van der Waals surface area contributed by atoms with Gasteiger partial charge in [-0.15, -0.1) is 10.2 Å². The summed E-state index contributed by atoms with van der Waals surface area (Å²) in [4.78, 5) is 11.9. The second-order valence-electron chi connectivity index (χ2n) is 5.08. The van der Waals surface area contributed by atoms with E-state index in [0.29, 0.717) is 5.75 Å². The van der Waals surface area contributed by atoms with Crippen molar-refractivity contribution in [3.8, 4) is 0 Å². The predicted octanol–water partition coefficient (Wildman–Crippen LogP) is 3.55. The number of carbonyl (C=O) groups excluding carboxylic acids is 1. The smallest absolute Gasteiger partial charge is 0.230 e. The second-order valence-corrected chi connectivity index (χ2v) is 7.28. The largest absolute Gasteiger partial charge is 0.356 e. The number of carbonyl (C=O) groups is 1. The zero-order valence-corrected chi connectivity index (χ0v) is 15.0. The van der Waals surface area contributed by atoms with Crippen molar-refractivity contribution in [1.82, 2.24) is 15.5 Å². The summed E-state index contributed by atoms with van der Waals surface area (Å²) in [6.45, 7) is 4.88. The molecule has 0 spiro atoms. The van der Waals surface area contributed by atoms with Crippen LogP contribution in [-0.2, 0) is 11.3 Å². The summed E-state index contributed by atoms with van der Waals surface area (Å²) < 4.78 is 0.806. The Morgan fingerprint density at radius 1 is 1.22 bits per heavy atom. The van der Waals surface area contributed by atoms with Gasteiger partial charge in [0.15, 0.2) is 4.34 Å². The van der Waals surface area contributed by atoms with E-state index in [-0.39, 0.29) is 11.9 Å². The lowest BCUT2D eigenvalue weighted by atomic mass is 10.2. The normalized spacial score (nSPS) is 10.7. The van der Waals surface area contributed by atoms with Crippen molar-refractivity contribution in [2.45, 2.75) is 43.6 Å². The van der Waals surface area contributed by atoms with E-state index in [2.05, 4.69) is 46.8 Å². The third-order valence-electron chi connectivity index (χ3n) is 3.37. The fraction of sp³-hybridized carbons (Fsp3) is 0.438. The molecule has 0 fully saturated rings. The van der Waals surface area contributed by atoms with Crippen LogP contribution in [0.15, 0.2) is 34.7 Å². The van der Waals surface area contributed by atoms with E-state index in [0.717, 1.165) is 28.9 Å². The quantitative estimate of drug-likeness (QED) is 0.677. The van der Waals surface area contributed by atoms with E-state index < -0.39 is 0 Å². The molecule has 1 aromatic carbocycles. The monoisotopic (exact) mass is 350 g/mol. The summed E-state index contributed by atoms with van der Waals surface area (Å²) in [6, 6.07) is 10.4. The second kappa shape index (κ2) is 9.52. The van der Waals surface area contributed by atoms with Crippen molar-refractivity contribution in [2.24, 2.45) is 0 Å². The van der Waals surface area contributed by atoms with Gasteiger partial charge in [-0.25, -0.2) is 0 Å². The maximum absolute atomic E-state index is 11.9. The van der Waals surface area contributed by atoms with Crippen molar-refractivity contribution in [3.05, 3.63) is 35.9 Å². The standard InChI is InChI=1S/C16H22N4OS2/c1-3-13(4-2)18-14(21)11-22-16-20-19-15(23-16)17-10-12-8-6-5-7-9-12/h5-9,13H,3-4,10-11H2,1-2H3,(H,17,19)(H,18,21). The average Bonchev–Trinajstić information content (AvgIpc) is 3.05. The van der Waals surface area contributed by atoms with E-state index in [1.54, 1.807) is 0 Å². The van der Waals surface area contributed by atoms with E-state index in [9.17, 15) is 4.79 Å². The molecule has 5 nitrogen and oxygen atoms in total. The summed E-state index contributed by atoms with van der Waals surface area (Å²) in [5, 5.41) is 15.3. The van der Waals surface area contributed by atoms with E-state index in [1.807, 2.05) is 18.2 Å². The molecule has 0 unspecified atom stereocenters. The molecule has 1 aromatic heterocycles. The van der Waals surface area contributed by atoms with Gasteiger partial charge in [0.05, 0.1) is 5.75 Å². The third kappa shape index (κ3) is 6.19. The van der Waals surface area contributed by atoms with E-state index in [1.165, 1.54) is 28.7 Å². The Kier molecular flexibility index (Phi) is 7.35. The minimum absolute atomic E-state index is 0.0534. The molecule has 0 saturated carbocycles. The lowest BCUT2D eigenvalue weighted by Crippen LogP contribution is -2.34. The third-order valence-corrected chi connectivity index (χ3v) is 5.38. The molecule has 0 aliphatic heterocycles. The van der Waals surface area contributed by atoms with Crippen LogP contribution in [0.3, 0.4) is 0 Å². The first-order chi connectivity index (χ1) is 11.2. The number of amides is 1. The minimum atomic E-state index is 0.0534. The predicted molar refractivity (Wildman–Crippen MR) is 96.9 cm³/mol. The van der Waals surface area contributed by atoms with Crippen molar-refractivity contribution in [3.63, 3.8) is 0 Å². The molecule has 124 valence electrons. The highest BCUT2D eigenvalue weighted by Gasteiger charge is 2.11. The maximum atomic E-state index is 11.9. The number of nitrogens with zero attached hydrogens (tertiary/aromatic N) is 2. The molecule has 0 saturated heterocycles. The average molecular weight is 351 g/mol. The van der Waals surface area contributed by atoms with Crippen molar-refractivity contribution in [1.29, 1.82) is 0 Å². The first kappa shape index (κ1) is 17.7.